The molecule has 0 aliphatic carbocycles. The number of azo groups is 1. The minimum atomic E-state index is 0.792. The number of ether oxygens (including phenoxy) is 1. The molecule has 0 bridgehead atoms. The van der Waals surface area contributed by atoms with Crippen LogP contribution in [-0.4, -0.2) is 6.61 Å². The van der Waals surface area contributed by atoms with Crippen LogP contribution in [0.2, 0.25) is 0 Å². The highest BCUT2D eigenvalue weighted by molar-refractivity contribution is 5.43. The molecule has 0 heterocycles. The maximum absolute atomic E-state index is 5.84. The van der Waals surface area contributed by atoms with Crippen molar-refractivity contribution in [1.29, 1.82) is 0 Å². The molecule has 152 valence electrons. The fourth-order valence-electron chi connectivity index (χ4n) is 3.12. The van der Waals surface area contributed by atoms with E-state index in [4.69, 9.17) is 4.74 Å². The summed E-state index contributed by atoms with van der Waals surface area (Å²) < 4.78 is 5.84. The molecule has 0 aliphatic heterocycles. The van der Waals surface area contributed by atoms with E-state index in [-0.39, 0.29) is 0 Å². The largest absolute Gasteiger partial charge is 0.494 e. The molecular formula is C25H36N2O. The topological polar surface area (TPSA) is 34.0 Å². The number of nitrogens with zero attached hydrogens (tertiary/aromatic N) is 2. The van der Waals surface area contributed by atoms with Crippen molar-refractivity contribution in [2.45, 2.75) is 78.1 Å². The van der Waals surface area contributed by atoms with Gasteiger partial charge in [-0.2, -0.15) is 10.2 Å². The highest BCUT2D eigenvalue weighted by atomic mass is 16.5. The molecule has 0 aliphatic rings. The first kappa shape index (κ1) is 22.1. The quantitative estimate of drug-likeness (QED) is 0.238. The third-order valence-corrected chi connectivity index (χ3v) is 4.92. The molecule has 3 heteroatoms. The van der Waals surface area contributed by atoms with Gasteiger partial charge in [-0.25, -0.2) is 0 Å². The Balaban J connectivity index is 1.54. The van der Waals surface area contributed by atoms with Gasteiger partial charge in [-0.1, -0.05) is 82.4 Å². The van der Waals surface area contributed by atoms with E-state index in [2.05, 4.69) is 24.1 Å². The Kier molecular flexibility index (Phi) is 11.0. The van der Waals surface area contributed by atoms with E-state index in [9.17, 15) is 0 Å². The van der Waals surface area contributed by atoms with E-state index in [0.29, 0.717) is 0 Å². The van der Waals surface area contributed by atoms with Gasteiger partial charge in [0.2, 0.25) is 0 Å². The number of hydrogen-bond acceptors (Lipinski definition) is 3. The van der Waals surface area contributed by atoms with E-state index in [1.165, 1.54) is 63.4 Å². The summed E-state index contributed by atoms with van der Waals surface area (Å²) in [5, 5.41) is 8.54. The number of rotatable bonds is 14. The third-order valence-electron chi connectivity index (χ3n) is 4.92. The molecule has 0 atom stereocenters. The van der Waals surface area contributed by atoms with Crippen LogP contribution in [0.15, 0.2) is 58.8 Å². The van der Waals surface area contributed by atoms with Gasteiger partial charge in [0.25, 0.3) is 0 Å². The predicted octanol–water partition coefficient (Wildman–Crippen LogP) is 8.71. The minimum Gasteiger partial charge on any atom is -0.494 e. The molecule has 2 aromatic carbocycles. The van der Waals surface area contributed by atoms with Gasteiger partial charge in [-0.3, -0.25) is 0 Å². The zero-order valence-electron chi connectivity index (χ0n) is 17.7. The molecule has 28 heavy (non-hydrogen) atoms. The minimum absolute atomic E-state index is 0.792. The molecule has 0 fully saturated rings. The lowest BCUT2D eigenvalue weighted by atomic mass is 10.1. The average Bonchev–Trinajstić information content (AvgIpc) is 2.72. The fourth-order valence-corrected chi connectivity index (χ4v) is 3.12. The summed E-state index contributed by atoms with van der Waals surface area (Å²) in [6, 6.07) is 15.9. The maximum atomic E-state index is 5.84. The van der Waals surface area contributed by atoms with E-state index in [0.717, 1.165) is 30.2 Å². The molecule has 0 spiro atoms. The summed E-state index contributed by atoms with van der Waals surface area (Å²) in [5.41, 5.74) is 2.93. The molecule has 0 unspecified atom stereocenters. The van der Waals surface area contributed by atoms with Gasteiger partial charge in [0.05, 0.1) is 18.0 Å². The molecule has 0 aromatic heterocycles. The van der Waals surface area contributed by atoms with Gasteiger partial charge in [0.15, 0.2) is 0 Å². The molecule has 3 nitrogen and oxygen atoms in total. The van der Waals surface area contributed by atoms with Crippen molar-refractivity contribution < 1.29 is 4.74 Å². The van der Waals surface area contributed by atoms with Gasteiger partial charge in [0.1, 0.15) is 5.75 Å². The lowest BCUT2D eigenvalue weighted by Crippen LogP contribution is -1.96. The van der Waals surface area contributed by atoms with Crippen molar-refractivity contribution in [2.75, 3.05) is 6.61 Å². The first-order chi connectivity index (χ1) is 13.8. The smallest absolute Gasteiger partial charge is 0.119 e. The van der Waals surface area contributed by atoms with Crippen LogP contribution in [-0.2, 0) is 0 Å². The van der Waals surface area contributed by atoms with Crippen LogP contribution in [0, 0.1) is 6.92 Å². The van der Waals surface area contributed by atoms with Crippen LogP contribution < -0.4 is 4.74 Å². The zero-order chi connectivity index (χ0) is 19.9. The van der Waals surface area contributed by atoms with Crippen LogP contribution in [0.25, 0.3) is 0 Å². The third kappa shape index (κ3) is 9.68. The Morgan fingerprint density at radius 3 is 1.61 bits per heavy atom. The second-order valence-electron chi connectivity index (χ2n) is 7.56. The fraction of sp³-hybridized carbons (Fsp3) is 0.520. The predicted molar refractivity (Wildman–Crippen MR) is 119 cm³/mol. The highest BCUT2D eigenvalue weighted by Gasteiger charge is 1.97. The highest BCUT2D eigenvalue weighted by Crippen LogP contribution is 2.21. The summed E-state index contributed by atoms with van der Waals surface area (Å²) in [4.78, 5) is 0. The molecule has 0 N–H and O–H groups in total. The van der Waals surface area contributed by atoms with E-state index >= 15 is 0 Å². The van der Waals surface area contributed by atoms with Gasteiger partial charge < -0.3 is 4.74 Å². The van der Waals surface area contributed by atoms with Gasteiger partial charge >= 0.3 is 0 Å². The molecule has 0 saturated heterocycles. The molecule has 0 radical (unpaired) electrons. The molecular weight excluding hydrogens is 344 g/mol. The summed E-state index contributed by atoms with van der Waals surface area (Å²) in [6.07, 6.45) is 13.4. The molecule has 2 rings (SSSR count). The Hall–Kier alpha value is -2.16. The second kappa shape index (κ2) is 13.9. The van der Waals surface area contributed by atoms with Crippen LogP contribution in [0.3, 0.4) is 0 Å². The number of aryl methyl sites for hydroxylation is 1. The second-order valence-corrected chi connectivity index (χ2v) is 7.56. The average molecular weight is 381 g/mol. The molecule has 0 amide bonds. The van der Waals surface area contributed by atoms with Crippen LogP contribution in [0.5, 0.6) is 5.75 Å². The molecule has 0 saturated carbocycles. The normalized spacial score (nSPS) is 11.2. The van der Waals surface area contributed by atoms with E-state index in [1.54, 1.807) is 0 Å². The van der Waals surface area contributed by atoms with Crippen molar-refractivity contribution in [1.82, 2.24) is 0 Å². The van der Waals surface area contributed by atoms with Gasteiger partial charge in [-0.05, 0) is 49.7 Å². The van der Waals surface area contributed by atoms with Crippen molar-refractivity contribution >= 4 is 11.4 Å². The summed E-state index contributed by atoms with van der Waals surface area (Å²) in [5.74, 6) is 0.908. The summed E-state index contributed by atoms with van der Waals surface area (Å²) >= 11 is 0. The Bertz CT molecular complexity index is 662. The number of hydrogen-bond donors (Lipinski definition) is 0. The number of benzene rings is 2. The van der Waals surface area contributed by atoms with Crippen molar-refractivity contribution in [3.05, 3.63) is 54.1 Å². The maximum Gasteiger partial charge on any atom is 0.119 e. The first-order valence-corrected chi connectivity index (χ1v) is 11.0. The summed E-state index contributed by atoms with van der Waals surface area (Å²) in [6.45, 7) is 5.13. The standard InChI is InChI=1S/C25H36N2O/c1-3-4-5-6-7-8-9-10-11-12-21-28-25-19-17-24(18-20-25)27-26-23-15-13-22(2)14-16-23/h13-20H,3-12,21H2,1-2H3. The Morgan fingerprint density at radius 1 is 0.607 bits per heavy atom. The number of unbranched alkanes of at least 4 members (excludes halogenated alkanes) is 9. The SMILES string of the molecule is CCCCCCCCCCCCOc1ccc(N=Nc2ccc(C)cc2)cc1. The van der Waals surface area contributed by atoms with Gasteiger partial charge in [-0.15, -0.1) is 0 Å². The van der Waals surface area contributed by atoms with Crippen molar-refractivity contribution in [3.63, 3.8) is 0 Å². The molecule has 2 aromatic rings. The van der Waals surface area contributed by atoms with E-state index < -0.39 is 0 Å². The monoisotopic (exact) mass is 380 g/mol. The lowest BCUT2D eigenvalue weighted by molar-refractivity contribution is 0.304. The van der Waals surface area contributed by atoms with Crippen LogP contribution >= 0.6 is 0 Å². The van der Waals surface area contributed by atoms with Crippen molar-refractivity contribution in [2.24, 2.45) is 10.2 Å². The van der Waals surface area contributed by atoms with Gasteiger partial charge in [0, 0.05) is 0 Å². The zero-order valence-corrected chi connectivity index (χ0v) is 17.7. The Labute approximate surface area is 171 Å². The van der Waals surface area contributed by atoms with Crippen LogP contribution in [0.4, 0.5) is 11.4 Å². The van der Waals surface area contributed by atoms with Crippen LogP contribution in [0.1, 0.15) is 76.7 Å². The first-order valence-electron chi connectivity index (χ1n) is 11.0. The Morgan fingerprint density at radius 2 is 1.07 bits per heavy atom. The lowest BCUT2D eigenvalue weighted by Gasteiger charge is -2.06. The van der Waals surface area contributed by atoms with E-state index in [1.807, 2.05) is 48.5 Å². The van der Waals surface area contributed by atoms with Crippen molar-refractivity contribution in [3.8, 4) is 5.75 Å². The summed E-state index contributed by atoms with van der Waals surface area (Å²) in [7, 11) is 0.